The van der Waals surface area contributed by atoms with E-state index in [0.717, 1.165) is 33.1 Å². The van der Waals surface area contributed by atoms with Crippen molar-refractivity contribution in [3.63, 3.8) is 0 Å². The van der Waals surface area contributed by atoms with E-state index < -0.39 is 5.91 Å². The number of H-pyrrole nitrogens is 1. The molecule has 1 amide bonds. The van der Waals surface area contributed by atoms with Gasteiger partial charge in [-0.25, -0.2) is 10.5 Å². The molecule has 2 aromatic carbocycles. The average molecular weight is 413 g/mol. The van der Waals surface area contributed by atoms with Crippen LogP contribution >= 0.6 is 0 Å². The third kappa shape index (κ3) is 3.64. The van der Waals surface area contributed by atoms with Crippen molar-refractivity contribution in [3.05, 3.63) is 66.6 Å². The lowest BCUT2D eigenvalue weighted by atomic mass is 10.1. The number of aryl methyl sites for hydroxylation is 1. The van der Waals surface area contributed by atoms with Crippen molar-refractivity contribution in [1.29, 1.82) is 0 Å². The molecule has 8 nitrogen and oxygen atoms in total. The first-order valence-electron chi connectivity index (χ1n) is 9.95. The summed E-state index contributed by atoms with van der Waals surface area (Å²) in [7, 11) is 0. The van der Waals surface area contributed by atoms with Gasteiger partial charge in [-0.05, 0) is 18.6 Å². The van der Waals surface area contributed by atoms with Crippen molar-refractivity contribution < 1.29 is 14.4 Å². The SMILES string of the molecule is O=C(CCCc1nnc(-c2cc3c([nH]c4ccccc43)c(-c3ccccc3)n2)o1)NO. The Morgan fingerprint density at radius 1 is 1.03 bits per heavy atom. The molecule has 0 saturated heterocycles. The van der Waals surface area contributed by atoms with Gasteiger partial charge >= 0.3 is 0 Å². The Labute approximate surface area is 176 Å². The van der Waals surface area contributed by atoms with E-state index >= 15 is 0 Å². The van der Waals surface area contributed by atoms with Crippen LogP contribution in [0.2, 0.25) is 0 Å². The fourth-order valence-electron chi connectivity index (χ4n) is 3.67. The van der Waals surface area contributed by atoms with Crippen molar-refractivity contribution in [3.8, 4) is 22.8 Å². The Hall–Kier alpha value is -4.04. The van der Waals surface area contributed by atoms with Crippen LogP contribution in [-0.2, 0) is 11.2 Å². The van der Waals surface area contributed by atoms with Gasteiger partial charge in [0.2, 0.25) is 11.8 Å². The van der Waals surface area contributed by atoms with Gasteiger partial charge in [-0.15, -0.1) is 10.2 Å². The molecule has 0 atom stereocenters. The highest BCUT2D eigenvalue weighted by atomic mass is 16.5. The lowest BCUT2D eigenvalue weighted by molar-refractivity contribution is -0.129. The first-order chi connectivity index (χ1) is 15.2. The van der Waals surface area contributed by atoms with Gasteiger partial charge in [0.05, 0.1) is 11.2 Å². The molecule has 31 heavy (non-hydrogen) atoms. The number of carbonyl (C=O) groups excluding carboxylic acids is 1. The van der Waals surface area contributed by atoms with E-state index in [1.807, 2.05) is 54.6 Å². The summed E-state index contributed by atoms with van der Waals surface area (Å²) < 4.78 is 5.82. The molecule has 8 heteroatoms. The smallest absolute Gasteiger partial charge is 0.266 e. The number of rotatable bonds is 6. The summed E-state index contributed by atoms with van der Waals surface area (Å²) in [5.41, 5.74) is 5.97. The fourth-order valence-corrected chi connectivity index (χ4v) is 3.67. The third-order valence-corrected chi connectivity index (χ3v) is 5.15. The molecule has 0 unspecified atom stereocenters. The van der Waals surface area contributed by atoms with E-state index in [0.29, 0.717) is 30.3 Å². The zero-order valence-corrected chi connectivity index (χ0v) is 16.5. The summed E-state index contributed by atoms with van der Waals surface area (Å²) in [6, 6.07) is 20.0. The summed E-state index contributed by atoms with van der Waals surface area (Å²) in [4.78, 5) is 19.5. The maximum atomic E-state index is 11.2. The third-order valence-electron chi connectivity index (χ3n) is 5.15. The highest BCUT2D eigenvalue weighted by Crippen LogP contribution is 2.34. The molecule has 0 aliphatic rings. The minimum atomic E-state index is -0.446. The Morgan fingerprint density at radius 2 is 1.84 bits per heavy atom. The number of carbonyl (C=O) groups is 1. The lowest BCUT2D eigenvalue weighted by Crippen LogP contribution is -2.18. The quantitative estimate of drug-likeness (QED) is 0.283. The summed E-state index contributed by atoms with van der Waals surface area (Å²) in [5, 5.41) is 19.0. The van der Waals surface area contributed by atoms with Crippen LogP contribution in [0.1, 0.15) is 18.7 Å². The molecule has 0 bridgehead atoms. The molecule has 5 rings (SSSR count). The average Bonchev–Trinajstić information content (AvgIpc) is 3.43. The number of aromatic amines is 1. The van der Waals surface area contributed by atoms with Crippen molar-refractivity contribution >= 4 is 27.7 Å². The van der Waals surface area contributed by atoms with Gasteiger partial charge in [0.25, 0.3) is 5.89 Å². The predicted molar refractivity (Wildman–Crippen MR) is 115 cm³/mol. The van der Waals surface area contributed by atoms with Gasteiger partial charge in [-0.3, -0.25) is 10.0 Å². The molecule has 0 spiro atoms. The number of hydrogen-bond acceptors (Lipinski definition) is 6. The molecule has 0 saturated carbocycles. The number of nitrogens with one attached hydrogen (secondary N) is 2. The number of aromatic nitrogens is 4. The minimum absolute atomic E-state index is 0.173. The zero-order valence-electron chi connectivity index (χ0n) is 16.5. The topological polar surface area (TPSA) is 117 Å². The molecule has 0 aliphatic carbocycles. The van der Waals surface area contributed by atoms with Crippen LogP contribution in [0, 0.1) is 0 Å². The van der Waals surface area contributed by atoms with Gasteiger partial charge < -0.3 is 9.40 Å². The predicted octanol–water partition coefficient (Wildman–Crippen LogP) is 4.26. The number of nitrogens with zero attached hydrogens (tertiary/aromatic N) is 3. The van der Waals surface area contributed by atoms with Crippen molar-refractivity contribution in [2.45, 2.75) is 19.3 Å². The molecule has 0 fully saturated rings. The lowest BCUT2D eigenvalue weighted by Gasteiger charge is -2.05. The fraction of sp³-hybridized carbons (Fsp3) is 0.130. The van der Waals surface area contributed by atoms with Gasteiger partial charge in [0, 0.05) is 34.7 Å². The number of hydroxylamine groups is 1. The van der Waals surface area contributed by atoms with E-state index in [4.69, 9.17) is 14.6 Å². The van der Waals surface area contributed by atoms with Crippen LogP contribution < -0.4 is 5.48 Å². The van der Waals surface area contributed by atoms with Crippen LogP contribution in [0.25, 0.3) is 44.6 Å². The van der Waals surface area contributed by atoms with Crippen LogP contribution in [-0.4, -0.2) is 31.3 Å². The second-order valence-electron chi connectivity index (χ2n) is 7.20. The number of pyridine rings is 1. The Morgan fingerprint density at radius 3 is 2.68 bits per heavy atom. The van der Waals surface area contributed by atoms with Crippen LogP contribution in [0.3, 0.4) is 0 Å². The van der Waals surface area contributed by atoms with Crippen LogP contribution in [0.4, 0.5) is 0 Å². The van der Waals surface area contributed by atoms with E-state index in [2.05, 4.69) is 21.2 Å². The highest BCUT2D eigenvalue weighted by molar-refractivity contribution is 6.11. The van der Waals surface area contributed by atoms with Crippen molar-refractivity contribution in [2.75, 3.05) is 0 Å². The van der Waals surface area contributed by atoms with Gasteiger partial charge in [-0.2, -0.15) is 0 Å². The van der Waals surface area contributed by atoms with Crippen molar-refractivity contribution in [2.24, 2.45) is 0 Å². The van der Waals surface area contributed by atoms with E-state index in [9.17, 15) is 4.79 Å². The summed E-state index contributed by atoms with van der Waals surface area (Å²) >= 11 is 0. The molecule has 3 N–H and O–H groups in total. The zero-order chi connectivity index (χ0) is 21.2. The van der Waals surface area contributed by atoms with Crippen LogP contribution in [0.5, 0.6) is 0 Å². The number of fused-ring (bicyclic) bond motifs is 3. The monoisotopic (exact) mass is 413 g/mol. The molecular formula is C23H19N5O3. The normalized spacial score (nSPS) is 11.3. The Bertz CT molecular complexity index is 1370. The Balaban J connectivity index is 1.58. The summed E-state index contributed by atoms with van der Waals surface area (Å²) in [5.74, 6) is 0.299. The number of amides is 1. The number of para-hydroxylation sites is 1. The standard InChI is InChI=1S/C23H19N5O3/c29-19(28-30)11-6-12-20-26-27-23(31-20)18-13-16-15-9-4-5-10-17(15)24-22(16)21(25-18)14-7-2-1-3-8-14/h1-5,7-10,13,24,30H,6,11-12H2,(H,28,29). The second kappa shape index (κ2) is 8.00. The van der Waals surface area contributed by atoms with Gasteiger partial charge in [-0.1, -0.05) is 48.5 Å². The number of hydrogen-bond donors (Lipinski definition) is 3. The molecule has 0 aliphatic heterocycles. The minimum Gasteiger partial charge on any atom is -0.419 e. The highest BCUT2D eigenvalue weighted by Gasteiger charge is 2.17. The first-order valence-corrected chi connectivity index (χ1v) is 9.95. The van der Waals surface area contributed by atoms with Crippen molar-refractivity contribution in [1.82, 2.24) is 25.6 Å². The second-order valence-corrected chi connectivity index (χ2v) is 7.20. The van der Waals surface area contributed by atoms with E-state index in [1.165, 1.54) is 0 Å². The molecule has 3 heterocycles. The molecular weight excluding hydrogens is 394 g/mol. The van der Waals surface area contributed by atoms with Crippen LogP contribution in [0.15, 0.2) is 65.1 Å². The maximum absolute atomic E-state index is 11.2. The molecule has 5 aromatic rings. The summed E-state index contributed by atoms with van der Waals surface area (Å²) in [6.07, 6.45) is 1.09. The molecule has 0 radical (unpaired) electrons. The maximum Gasteiger partial charge on any atom is 0.266 e. The van der Waals surface area contributed by atoms with Gasteiger partial charge in [0.15, 0.2) is 0 Å². The summed E-state index contributed by atoms with van der Waals surface area (Å²) in [6.45, 7) is 0. The molecule has 154 valence electrons. The van der Waals surface area contributed by atoms with E-state index in [1.54, 1.807) is 5.48 Å². The molecule has 3 aromatic heterocycles. The van der Waals surface area contributed by atoms with E-state index in [-0.39, 0.29) is 6.42 Å². The first kappa shape index (κ1) is 19.0. The Kier molecular flexibility index (Phi) is 4.89. The van der Waals surface area contributed by atoms with Gasteiger partial charge in [0.1, 0.15) is 5.69 Å². The largest absolute Gasteiger partial charge is 0.419 e. The number of benzene rings is 2.